The monoisotopic (exact) mass is 245 g/mol. The second-order valence-electron chi connectivity index (χ2n) is 3.68. The molecule has 0 bridgehead atoms. The van der Waals surface area contributed by atoms with E-state index in [-0.39, 0.29) is 6.73 Å². The molecule has 5 nitrogen and oxygen atoms in total. The molecule has 1 aliphatic rings. The fourth-order valence-corrected chi connectivity index (χ4v) is 1.67. The molecule has 0 fully saturated rings. The first-order chi connectivity index (χ1) is 8.65. The first kappa shape index (κ1) is 12.0. The van der Waals surface area contributed by atoms with Gasteiger partial charge in [-0.05, 0) is 19.1 Å². The second kappa shape index (κ2) is 4.83. The lowest BCUT2D eigenvalue weighted by Crippen LogP contribution is -2.32. The first-order valence-corrected chi connectivity index (χ1v) is 5.40. The van der Waals surface area contributed by atoms with Crippen molar-refractivity contribution in [2.24, 2.45) is 0 Å². The summed E-state index contributed by atoms with van der Waals surface area (Å²) in [4.78, 5) is 35.8. The third-order valence-corrected chi connectivity index (χ3v) is 2.52. The smallest absolute Gasteiger partial charge is 0.332 e. The number of nitrogens with zero attached hydrogens (tertiary/aromatic N) is 1. The number of allylic oxidation sites excluding steroid dienone is 1. The molecule has 1 aromatic carbocycles. The predicted octanol–water partition coefficient (Wildman–Crippen LogP) is 1.36. The number of esters is 1. The standard InChI is InChI=1S/C13H11NO4/c1-2-5-11(15)18-8-14-12(16)9-6-3-4-7-10(9)13(14)17/h2-7H,8H2,1H3/b5-2+. The summed E-state index contributed by atoms with van der Waals surface area (Å²) in [6, 6.07) is 6.51. The zero-order valence-electron chi connectivity index (χ0n) is 9.75. The van der Waals surface area contributed by atoms with Gasteiger partial charge in [-0.1, -0.05) is 18.2 Å². The highest BCUT2D eigenvalue weighted by atomic mass is 16.5. The minimum absolute atomic E-state index is 0.338. The van der Waals surface area contributed by atoms with Crippen LogP contribution in [0.1, 0.15) is 27.6 Å². The van der Waals surface area contributed by atoms with Crippen LogP contribution in [0.4, 0.5) is 0 Å². The molecule has 5 heteroatoms. The van der Waals surface area contributed by atoms with Crippen LogP contribution >= 0.6 is 0 Å². The Morgan fingerprint density at radius 3 is 2.28 bits per heavy atom. The quantitative estimate of drug-likeness (QED) is 0.458. The Hall–Kier alpha value is -2.43. The molecular formula is C13H11NO4. The Morgan fingerprint density at radius 2 is 1.78 bits per heavy atom. The average molecular weight is 245 g/mol. The lowest BCUT2D eigenvalue weighted by molar-refractivity contribution is -0.140. The zero-order chi connectivity index (χ0) is 13.1. The number of carbonyl (C=O) groups excluding carboxylic acids is 3. The van der Waals surface area contributed by atoms with Crippen LogP contribution in [-0.4, -0.2) is 29.4 Å². The maximum Gasteiger partial charge on any atom is 0.332 e. The Morgan fingerprint density at radius 1 is 1.22 bits per heavy atom. The molecule has 2 rings (SSSR count). The van der Waals surface area contributed by atoms with Gasteiger partial charge in [-0.25, -0.2) is 9.69 Å². The molecule has 18 heavy (non-hydrogen) atoms. The number of fused-ring (bicyclic) bond motifs is 1. The third-order valence-electron chi connectivity index (χ3n) is 2.52. The van der Waals surface area contributed by atoms with Gasteiger partial charge in [-0.15, -0.1) is 0 Å². The second-order valence-corrected chi connectivity index (χ2v) is 3.68. The van der Waals surface area contributed by atoms with Crippen molar-refractivity contribution < 1.29 is 19.1 Å². The van der Waals surface area contributed by atoms with Gasteiger partial charge in [0.1, 0.15) is 0 Å². The molecule has 0 atom stereocenters. The van der Waals surface area contributed by atoms with Crippen molar-refractivity contribution in [2.75, 3.05) is 6.73 Å². The highest BCUT2D eigenvalue weighted by Gasteiger charge is 2.35. The van der Waals surface area contributed by atoms with E-state index in [0.717, 1.165) is 4.90 Å². The van der Waals surface area contributed by atoms with Gasteiger partial charge >= 0.3 is 5.97 Å². The highest BCUT2D eigenvalue weighted by molar-refractivity contribution is 6.21. The highest BCUT2D eigenvalue weighted by Crippen LogP contribution is 2.21. The Bertz CT molecular complexity index is 513. The number of hydrogen-bond acceptors (Lipinski definition) is 4. The summed E-state index contributed by atoms with van der Waals surface area (Å²) in [6.45, 7) is 1.30. The van der Waals surface area contributed by atoms with Gasteiger partial charge in [-0.3, -0.25) is 9.59 Å². The molecule has 1 heterocycles. The lowest BCUT2D eigenvalue weighted by atomic mass is 10.1. The summed E-state index contributed by atoms with van der Waals surface area (Å²) in [5.41, 5.74) is 0.675. The molecule has 0 unspecified atom stereocenters. The van der Waals surface area contributed by atoms with E-state index in [9.17, 15) is 14.4 Å². The normalized spacial score (nSPS) is 14.2. The van der Waals surface area contributed by atoms with Gasteiger partial charge in [0, 0.05) is 6.08 Å². The molecule has 0 aliphatic carbocycles. The van der Waals surface area contributed by atoms with Crippen LogP contribution < -0.4 is 0 Å². The first-order valence-electron chi connectivity index (χ1n) is 5.40. The fraction of sp³-hybridized carbons (Fsp3) is 0.154. The summed E-state index contributed by atoms with van der Waals surface area (Å²) in [5, 5.41) is 0. The van der Waals surface area contributed by atoms with Crippen LogP contribution in [-0.2, 0) is 9.53 Å². The number of benzene rings is 1. The molecule has 0 aromatic heterocycles. The minimum atomic E-state index is -0.589. The van der Waals surface area contributed by atoms with Crippen LogP contribution in [0.5, 0.6) is 0 Å². The van der Waals surface area contributed by atoms with Gasteiger partial charge in [0.05, 0.1) is 11.1 Å². The number of rotatable bonds is 3. The van der Waals surface area contributed by atoms with Crippen molar-refractivity contribution in [3.8, 4) is 0 Å². The van der Waals surface area contributed by atoms with Crippen LogP contribution in [0.2, 0.25) is 0 Å². The molecule has 0 N–H and O–H groups in total. The van der Waals surface area contributed by atoms with Gasteiger partial charge in [0.2, 0.25) is 0 Å². The number of carbonyl (C=O) groups is 3. The molecule has 1 aliphatic heterocycles. The Labute approximate surface area is 104 Å². The predicted molar refractivity (Wildman–Crippen MR) is 62.7 cm³/mol. The SMILES string of the molecule is C/C=C/C(=O)OCN1C(=O)c2ccccc2C1=O. The number of imide groups is 1. The summed E-state index contributed by atoms with van der Waals surface area (Å²) < 4.78 is 4.80. The summed E-state index contributed by atoms with van der Waals surface area (Å²) in [7, 11) is 0. The van der Waals surface area contributed by atoms with Crippen molar-refractivity contribution in [2.45, 2.75) is 6.92 Å². The molecule has 0 spiro atoms. The molecule has 0 saturated carbocycles. The topological polar surface area (TPSA) is 63.7 Å². The number of amides is 2. The molecule has 92 valence electrons. The average Bonchev–Trinajstić information content (AvgIpc) is 2.61. The van der Waals surface area contributed by atoms with E-state index in [1.165, 1.54) is 12.2 Å². The van der Waals surface area contributed by atoms with E-state index < -0.39 is 17.8 Å². The van der Waals surface area contributed by atoms with Crippen LogP contribution in [0.25, 0.3) is 0 Å². The van der Waals surface area contributed by atoms with Crippen molar-refractivity contribution >= 4 is 17.8 Å². The Kier molecular flexibility index (Phi) is 3.23. The fourth-order valence-electron chi connectivity index (χ4n) is 1.67. The van der Waals surface area contributed by atoms with Crippen molar-refractivity contribution in [1.82, 2.24) is 4.90 Å². The van der Waals surface area contributed by atoms with E-state index in [2.05, 4.69) is 0 Å². The molecule has 2 amide bonds. The third kappa shape index (κ3) is 2.02. The van der Waals surface area contributed by atoms with Crippen LogP contribution in [0.3, 0.4) is 0 Å². The van der Waals surface area contributed by atoms with Gasteiger partial charge in [0.15, 0.2) is 6.73 Å². The van der Waals surface area contributed by atoms with E-state index in [1.54, 1.807) is 31.2 Å². The molecular weight excluding hydrogens is 234 g/mol. The maximum absolute atomic E-state index is 11.9. The number of hydrogen-bond donors (Lipinski definition) is 0. The summed E-state index contributed by atoms with van der Waals surface area (Å²) in [6.07, 6.45) is 2.74. The summed E-state index contributed by atoms with van der Waals surface area (Å²) >= 11 is 0. The zero-order valence-corrected chi connectivity index (χ0v) is 9.75. The van der Waals surface area contributed by atoms with Crippen molar-refractivity contribution in [1.29, 1.82) is 0 Å². The van der Waals surface area contributed by atoms with E-state index in [4.69, 9.17) is 4.74 Å². The molecule has 0 radical (unpaired) electrons. The largest absolute Gasteiger partial charge is 0.441 e. The minimum Gasteiger partial charge on any atom is -0.441 e. The van der Waals surface area contributed by atoms with Crippen molar-refractivity contribution in [3.63, 3.8) is 0 Å². The maximum atomic E-state index is 11.9. The molecule has 1 aromatic rings. The Balaban J connectivity index is 2.12. The van der Waals surface area contributed by atoms with Gasteiger partial charge < -0.3 is 4.74 Å². The van der Waals surface area contributed by atoms with E-state index >= 15 is 0 Å². The number of ether oxygens (including phenoxy) is 1. The summed E-state index contributed by atoms with van der Waals surface area (Å²) in [5.74, 6) is -1.47. The van der Waals surface area contributed by atoms with E-state index in [0.29, 0.717) is 11.1 Å². The van der Waals surface area contributed by atoms with Gasteiger partial charge in [-0.2, -0.15) is 0 Å². The van der Waals surface area contributed by atoms with Crippen molar-refractivity contribution in [3.05, 3.63) is 47.5 Å². The lowest BCUT2D eigenvalue weighted by Gasteiger charge is -2.12. The van der Waals surface area contributed by atoms with Crippen LogP contribution in [0.15, 0.2) is 36.4 Å². The van der Waals surface area contributed by atoms with Crippen LogP contribution in [0, 0.1) is 0 Å². The van der Waals surface area contributed by atoms with Gasteiger partial charge in [0.25, 0.3) is 11.8 Å². The van der Waals surface area contributed by atoms with E-state index in [1.807, 2.05) is 0 Å². The molecule has 0 saturated heterocycles.